The van der Waals surface area contributed by atoms with Crippen LogP contribution in [0.5, 0.6) is 0 Å². The average Bonchev–Trinajstić information content (AvgIpc) is 2.48. The zero-order valence-corrected chi connectivity index (χ0v) is 9.91. The van der Waals surface area contributed by atoms with Gasteiger partial charge in [0.05, 0.1) is 5.69 Å². The summed E-state index contributed by atoms with van der Waals surface area (Å²) < 4.78 is 2.36. The molecular formula is C8H6INS2. The number of halogens is 1. The van der Waals surface area contributed by atoms with Crippen molar-refractivity contribution in [1.29, 1.82) is 0 Å². The van der Waals surface area contributed by atoms with Crippen molar-refractivity contribution in [2.45, 2.75) is 4.90 Å². The molecule has 0 atom stereocenters. The van der Waals surface area contributed by atoms with Crippen LogP contribution >= 0.6 is 46.6 Å². The Bertz CT molecular complexity index is 436. The number of fused-ring (bicyclic) bond motifs is 1. The lowest BCUT2D eigenvalue weighted by Crippen LogP contribution is -1.90. The summed E-state index contributed by atoms with van der Waals surface area (Å²) in [6.45, 7) is 0. The van der Waals surface area contributed by atoms with E-state index in [9.17, 15) is 0 Å². The Morgan fingerprint density at radius 3 is 3.00 bits per heavy atom. The highest BCUT2D eigenvalue weighted by atomic mass is 127. The standard InChI is InChI=1S/C8H6INS2/c9-7-4-1-2-12-6(4)3-5(11)8(7)10/h1-3,11H,10H2. The lowest BCUT2D eigenvalue weighted by molar-refractivity contribution is 1.51. The Morgan fingerprint density at radius 1 is 1.50 bits per heavy atom. The highest BCUT2D eigenvalue weighted by Crippen LogP contribution is 2.33. The summed E-state index contributed by atoms with van der Waals surface area (Å²) in [4.78, 5) is 0.870. The van der Waals surface area contributed by atoms with E-state index in [0.717, 1.165) is 14.2 Å². The molecule has 0 radical (unpaired) electrons. The molecule has 0 saturated carbocycles. The Hall–Kier alpha value is 0.0600. The molecule has 0 aliphatic carbocycles. The van der Waals surface area contributed by atoms with Gasteiger partial charge in [-0.15, -0.1) is 24.0 Å². The molecule has 1 nitrogen and oxygen atoms in total. The Morgan fingerprint density at radius 2 is 2.25 bits per heavy atom. The van der Waals surface area contributed by atoms with E-state index in [1.54, 1.807) is 11.3 Å². The van der Waals surface area contributed by atoms with Gasteiger partial charge >= 0.3 is 0 Å². The van der Waals surface area contributed by atoms with Crippen LogP contribution in [0.15, 0.2) is 22.4 Å². The molecular weight excluding hydrogens is 301 g/mol. The number of thiol groups is 1. The van der Waals surface area contributed by atoms with Gasteiger partial charge in [-0.2, -0.15) is 0 Å². The lowest BCUT2D eigenvalue weighted by Gasteiger charge is -2.02. The van der Waals surface area contributed by atoms with Gasteiger partial charge in [0.1, 0.15) is 0 Å². The van der Waals surface area contributed by atoms with Crippen molar-refractivity contribution in [1.82, 2.24) is 0 Å². The summed E-state index contributed by atoms with van der Waals surface area (Å²) >= 11 is 8.27. The quantitative estimate of drug-likeness (QED) is 0.435. The average molecular weight is 307 g/mol. The fourth-order valence-corrected chi connectivity index (χ4v) is 3.39. The van der Waals surface area contributed by atoms with Gasteiger partial charge in [0.2, 0.25) is 0 Å². The molecule has 62 valence electrons. The molecule has 2 N–H and O–H groups in total. The van der Waals surface area contributed by atoms with Crippen molar-refractivity contribution in [2.75, 3.05) is 5.73 Å². The molecule has 2 rings (SSSR count). The SMILES string of the molecule is Nc1c(S)cc2sccc2c1I. The second-order valence-electron chi connectivity index (χ2n) is 2.46. The number of hydrogen-bond acceptors (Lipinski definition) is 3. The Balaban J connectivity index is 2.94. The van der Waals surface area contributed by atoms with Crippen molar-refractivity contribution >= 4 is 62.3 Å². The normalized spacial score (nSPS) is 10.8. The first kappa shape index (κ1) is 8.65. The van der Waals surface area contributed by atoms with E-state index in [1.807, 2.05) is 6.07 Å². The van der Waals surface area contributed by atoms with Gasteiger partial charge in [0.15, 0.2) is 0 Å². The van der Waals surface area contributed by atoms with Gasteiger partial charge in [-0.05, 0) is 40.1 Å². The largest absolute Gasteiger partial charge is 0.397 e. The van der Waals surface area contributed by atoms with Crippen molar-refractivity contribution in [3.8, 4) is 0 Å². The van der Waals surface area contributed by atoms with Gasteiger partial charge in [-0.25, -0.2) is 0 Å². The Labute approximate surface area is 93.5 Å². The van der Waals surface area contributed by atoms with Crippen LogP contribution in [0.2, 0.25) is 0 Å². The number of nitrogens with two attached hydrogens (primary N) is 1. The maximum Gasteiger partial charge on any atom is 0.0592 e. The highest BCUT2D eigenvalue weighted by molar-refractivity contribution is 14.1. The summed E-state index contributed by atoms with van der Waals surface area (Å²) in [5.41, 5.74) is 6.61. The van der Waals surface area contributed by atoms with Crippen LogP contribution in [-0.2, 0) is 0 Å². The summed E-state index contributed by atoms with van der Waals surface area (Å²) in [5, 5.41) is 3.30. The van der Waals surface area contributed by atoms with E-state index >= 15 is 0 Å². The molecule has 0 fully saturated rings. The third kappa shape index (κ3) is 1.22. The van der Waals surface area contributed by atoms with Crippen molar-refractivity contribution < 1.29 is 0 Å². The fourth-order valence-electron chi connectivity index (χ4n) is 1.07. The van der Waals surface area contributed by atoms with Crippen molar-refractivity contribution in [2.24, 2.45) is 0 Å². The smallest absolute Gasteiger partial charge is 0.0592 e. The number of rotatable bonds is 0. The van der Waals surface area contributed by atoms with Crippen LogP contribution in [0.3, 0.4) is 0 Å². The molecule has 1 heterocycles. The fraction of sp³-hybridized carbons (Fsp3) is 0. The summed E-state index contributed by atoms with van der Waals surface area (Å²) in [6, 6.07) is 4.10. The van der Waals surface area contributed by atoms with Crippen LogP contribution in [0.4, 0.5) is 5.69 Å². The van der Waals surface area contributed by atoms with Crippen LogP contribution in [-0.4, -0.2) is 0 Å². The monoisotopic (exact) mass is 307 g/mol. The summed E-state index contributed by atoms with van der Waals surface area (Å²) in [7, 11) is 0. The molecule has 0 aliphatic heterocycles. The minimum absolute atomic E-state index is 0.782. The topological polar surface area (TPSA) is 26.0 Å². The molecule has 0 saturated heterocycles. The zero-order valence-electron chi connectivity index (χ0n) is 6.04. The number of nitrogen functional groups attached to an aromatic ring is 1. The van der Waals surface area contributed by atoms with Gasteiger partial charge in [-0.3, -0.25) is 0 Å². The first-order valence-corrected chi connectivity index (χ1v) is 5.75. The Kier molecular flexibility index (Phi) is 2.22. The summed E-state index contributed by atoms with van der Waals surface area (Å²) in [5.74, 6) is 0. The van der Waals surface area contributed by atoms with Crippen molar-refractivity contribution in [3.05, 3.63) is 21.1 Å². The van der Waals surface area contributed by atoms with Crippen LogP contribution in [0, 0.1) is 3.57 Å². The van der Waals surface area contributed by atoms with Crippen LogP contribution in [0.1, 0.15) is 0 Å². The van der Waals surface area contributed by atoms with E-state index in [2.05, 4.69) is 46.7 Å². The van der Waals surface area contributed by atoms with Crippen LogP contribution < -0.4 is 5.73 Å². The molecule has 12 heavy (non-hydrogen) atoms. The molecule has 0 unspecified atom stereocenters. The molecule has 0 bridgehead atoms. The molecule has 1 aromatic heterocycles. The van der Waals surface area contributed by atoms with E-state index in [-0.39, 0.29) is 0 Å². The first-order valence-electron chi connectivity index (χ1n) is 3.34. The number of benzene rings is 1. The molecule has 0 amide bonds. The highest BCUT2D eigenvalue weighted by Gasteiger charge is 2.06. The minimum Gasteiger partial charge on any atom is -0.397 e. The predicted molar refractivity (Wildman–Crippen MR) is 66.2 cm³/mol. The number of hydrogen-bond donors (Lipinski definition) is 2. The minimum atomic E-state index is 0.782. The van der Waals surface area contributed by atoms with Crippen LogP contribution in [0.25, 0.3) is 10.1 Å². The third-order valence-corrected chi connectivity index (χ3v) is 4.11. The molecule has 1 aromatic carbocycles. The molecule has 0 spiro atoms. The van der Waals surface area contributed by atoms with Gasteiger partial charge in [0, 0.05) is 18.6 Å². The maximum absolute atomic E-state index is 5.83. The zero-order chi connectivity index (χ0) is 8.72. The third-order valence-electron chi connectivity index (χ3n) is 1.71. The van der Waals surface area contributed by atoms with Gasteiger partial charge in [0.25, 0.3) is 0 Å². The second kappa shape index (κ2) is 3.08. The van der Waals surface area contributed by atoms with E-state index < -0.39 is 0 Å². The van der Waals surface area contributed by atoms with Crippen molar-refractivity contribution in [3.63, 3.8) is 0 Å². The molecule has 4 heteroatoms. The number of thiophene rings is 1. The summed E-state index contributed by atoms with van der Waals surface area (Å²) in [6.07, 6.45) is 0. The maximum atomic E-state index is 5.83. The lowest BCUT2D eigenvalue weighted by atomic mass is 10.2. The van der Waals surface area contributed by atoms with E-state index in [1.165, 1.54) is 10.1 Å². The molecule has 2 aromatic rings. The van der Waals surface area contributed by atoms with Gasteiger partial charge < -0.3 is 5.73 Å². The first-order chi connectivity index (χ1) is 5.70. The number of anilines is 1. The molecule has 0 aliphatic rings. The van der Waals surface area contributed by atoms with E-state index in [0.29, 0.717) is 0 Å². The van der Waals surface area contributed by atoms with E-state index in [4.69, 9.17) is 5.73 Å². The van der Waals surface area contributed by atoms with Gasteiger partial charge in [-0.1, -0.05) is 0 Å². The second-order valence-corrected chi connectivity index (χ2v) is 4.96. The predicted octanol–water partition coefficient (Wildman–Crippen LogP) is 3.38.